The summed E-state index contributed by atoms with van der Waals surface area (Å²) >= 11 is 0. The predicted molar refractivity (Wildman–Crippen MR) is 106 cm³/mol. The van der Waals surface area contributed by atoms with Gasteiger partial charge in [-0.25, -0.2) is 4.79 Å². The van der Waals surface area contributed by atoms with Crippen LogP contribution in [0.5, 0.6) is 0 Å². The number of pyridine rings is 1. The van der Waals surface area contributed by atoms with Crippen molar-refractivity contribution in [3.8, 4) is 5.69 Å². The van der Waals surface area contributed by atoms with Crippen LogP contribution in [-0.2, 0) is 0 Å². The van der Waals surface area contributed by atoms with Gasteiger partial charge in [-0.2, -0.15) is 0 Å². The van der Waals surface area contributed by atoms with Gasteiger partial charge in [0.1, 0.15) is 0 Å². The molecule has 2 aliphatic heterocycles. The van der Waals surface area contributed by atoms with E-state index in [0.717, 1.165) is 38.9 Å². The molecule has 0 radical (unpaired) electrons. The first-order chi connectivity index (χ1) is 13.6. The molecule has 1 N–H and O–H groups in total. The van der Waals surface area contributed by atoms with E-state index in [4.69, 9.17) is 0 Å². The zero-order valence-electron chi connectivity index (χ0n) is 15.7. The molecule has 4 rings (SSSR count). The van der Waals surface area contributed by atoms with Crippen LogP contribution in [0.2, 0.25) is 0 Å². The Labute approximate surface area is 163 Å². The Hall–Kier alpha value is -3.09. The number of hydrogen-bond acceptors (Lipinski definition) is 3. The Kier molecular flexibility index (Phi) is 5.14. The molecule has 146 valence electrons. The second kappa shape index (κ2) is 7.88. The first-order valence-corrected chi connectivity index (χ1v) is 9.75. The maximum Gasteiger partial charge on any atom is 0.320 e. The number of piperidine rings is 1. The summed E-state index contributed by atoms with van der Waals surface area (Å²) in [6, 6.07) is 12.0. The summed E-state index contributed by atoms with van der Waals surface area (Å²) in [5.74, 6) is -0.157. The van der Waals surface area contributed by atoms with E-state index in [0.29, 0.717) is 17.8 Å². The van der Waals surface area contributed by atoms with Crippen molar-refractivity contribution in [2.45, 2.75) is 25.3 Å². The number of nitrogens with zero attached hydrogens (tertiary/aromatic N) is 3. The quantitative estimate of drug-likeness (QED) is 0.883. The molecule has 3 heterocycles. The minimum Gasteiger partial charge on any atom is -0.348 e. The van der Waals surface area contributed by atoms with E-state index in [1.54, 1.807) is 42.6 Å². The van der Waals surface area contributed by atoms with E-state index >= 15 is 0 Å². The van der Waals surface area contributed by atoms with Gasteiger partial charge >= 0.3 is 6.03 Å². The molecule has 28 heavy (non-hydrogen) atoms. The monoisotopic (exact) mass is 380 g/mol. The predicted octanol–water partition coefficient (Wildman–Crippen LogP) is 1.86. The van der Waals surface area contributed by atoms with Crippen molar-refractivity contribution in [1.29, 1.82) is 0 Å². The van der Waals surface area contributed by atoms with Crippen LogP contribution in [0.25, 0.3) is 5.69 Å². The first-order valence-electron chi connectivity index (χ1n) is 9.75. The molecule has 0 bridgehead atoms. The van der Waals surface area contributed by atoms with Gasteiger partial charge in [0.05, 0.1) is 0 Å². The summed E-state index contributed by atoms with van der Waals surface area (Å²) in [6.07, 6.45) is 4.53. The van der Waals surface area contributed by atoms with Gasteiger partial charge in [0.2, 0.25) is 0 Å². The van der Waals surface area contributed by atoms with Crippen LogP contribution in [0, 0.1) is 0 Å². The minimum atomic E-state index is -0.157. The van der Waals surface area contributed by atoms with Gasteiger partial charge < -0.3 is 15.1 Å². The van der Waals surface area contributed by atoms with Crippen LogP contribution in [0.3, 0.4) is 0 Å². The molecular formula is C21H24N4O3. The lowest BCUT2D eigenvalue weighted by Gasteiger charge is -2.39. The van der Waals surface area contributed by atoms with Crippen molar-refractivity contribution in [3.05, 3.63) is 64.6 Å². The maximum absolute atomic E-state index is 12.6. The fourth-order valence-electron chi connectivity index (χ4n) is 3.66. The maximum atomic E-state index is 12.6. The number of benzene rings is 1. The molecule has 0 spiro atoms. The summed E-state index contributed by atoms with van der Waals surface area (Å²) in [6.45, 7) is 2.98. The number of nitrogens with one attached hydrogen (secondary N) is 1. The molecule has 0 aliphatic carbocycles. The third-order valence-electron chi connectivity index (χ3n) is 5.38. The third-order valence-corrected chi connectivity index (χ3v) is 5.38. The van der Waals surface area contributed by atoms with Crippen molar-refractivity contribution in [3.63, 3.8) is 0 Å². The largest absolute Gasteiger partial charge is 0.348 e. The van der Waals surface area contributed by atoms with Gasteiger partial charge in [-0.3, -0.25) is 14.2 Å². The molecule has 1 unspecified atom stereocenters. The van der Waals surface area contributed by atoms with Crippen LogP contribution in [0.4, 0.5) is 4.79 Å². The number of rotatable bonds is 3. The molecule has 2 aromatic rings. The Morgan fingerprint density at radius 1 is 0.929 bits per heavy atom. The molecule has 1 aromatic heterocycles. The minimum absolute atomic E-state index is 0.0390. The summed E-state index contributed by atoms with van der Waals surface area (Å²) < 4.78 is 1.53. The highest BCUT2D eigenvalue weighted by Gasteiger charge is 2.30. The van der Waals surface area contributed by atoms with E-state index in [2.05, 4.69) is 5.32 Å². The van der Waals surface area contributed by atoms with Gasteiger partial charge in [-0.05, 0) is 49.6 Å². The van der Waals surface area contributed by atoms with E-state index in [1.807, 2.05) is 9.80 Å². The number of likely N-dealkylation sites (tertiary alicyclic amines) is 2. The SMILES string of the molecule is O=C(NC1CCCN(C(=O)N2CCC2)C1)c1ccc(-n2ccccc2=O)cc1. The normalized spacial score (nSPS) is 19.1. The number of urea groups is 1. The van der Waals surface area contributed by atoms with E-state index in [9.17, 15) is 14.4 Å². The Morgan fingerprint density at radius 2 is 1.68 bits per heavy atom. The van der Waals surface area contributed by atoms with Gasteiger partial charge in [0.15, 0.2) is 0 Å². The smallest absolute Gasteiger partial charge is 0.320 e. The number of carbonyl (C=O) groups excluding carboxylic acids is 2. The Bertz CT molecular complexity index is 918. The zero-order chi connectivity index (χ0) is 19.5. The molecule has 1 aromatic carbocycles. The third kappa shape index (κ3) is 3.78. The number of hydrogen-bond donors (Lipinski definition) is 1. The number of aromatic nitrogens is 1. The van der Waals surface area contributed by atoms with Crippen molar-refractivity contribution in [1.82, 2.24) is 19.7 Å². The molecule has 2 aliphatic rings. The van der Waals surface area contributed by atoms with Gasteiger partial charge in [-0.15, -0.1) is 0 Å². The summed E-state index contributed by atoms with van der Waals surface area (Å²) in [5, 5.41) is 3.05. The highest BCUT2D eigenvalue weighted by atomic mass is 16.2. The van der Waals surface area contributed by atoms with Crippen molar-refractivity contribution in [2.24, 2.45) is 0 Å². The Morgan fingerprint density at radius 3 is 2.36 bits per heavy atom. The average molecular weight is 380 g/mol. The van der Waals surface area contributed by atoms with Crippen LogP contribution in [-0.4, -0.2) is 58.5 Å². The fraction of sp³-hybridized carbons (Fsp3) is 0.381. The fourth-order valence-corrected chi connectivity index (χ4v) is 3.66. The van der Waals surface area contributed by atoms with E-state index in [-0.39, 0.29) is 23.5 Å². The van der Waals surface area contributed by atoms with Crippen molar-refractivity contribution < 1.29 is 9.59 Å². The Balaban J connectivity index is 1.38. The molecule has 1 atom stereocenters. The molecular weight excluding hydrogens is 356 g/mol. The second-order valence-electron chi connectivity index (χ2n) is 7.34. The van der Waals surface area contributed by atoms with Crippen molar-refractivity contribution >= 4 is 11.9 Å². The second-order valence-corrected chi connectivity index (χ2v) is 7.34. The summed E-state index contributed by atoms with van der Waals surface area (Å²) in [7, 11) is 0. The number of amides is 3. The number of carbonyl (C=O) groups is 2. The molecule has 3 amide bonds. The van der Waals surface area contributed by atoms with Crippen LogP contribution < -0.4 is 10.9 Å². The van der Waals surface area contributed by atoms with Gasteiger partial charge in [0.25, 0.3) is 11.5 Å². The average Bonchev–Trinajstić information content (AvgIpc) is 2.67. The van der Waals surface area contributed by atoms with Crippen LogP contribution in [0.1, 0.15) is 29.6 Å². The highest BCUT2D eigenvalue weighted by molar-refractivity contribution is 5.94. The summed E-state index contributed by atoms with van der Waals surface area (Å²) in [5.41, 5.74) is 1.14. The molecule has 7 heteroatoms. The topological polar surface area (TPSA) is 74.7 Å². The lowest BCUT2D eigenvalue weighted by atomic mass is 10.0. The summed E-state index contributed by atoms with van der Waals surface area (Å²) in [4.78, 5) is 40.6. The first kappa shape index (κ1) is 18.3. The lowest BCUT2D eigenvalue weighted by molar-refractivity contribution is 0.0877. The van der Waals surface area contributed by atoms with Crippen LogP contribution in [0.15, 0.2) is 53.5 Å². The molecule has 2 fully saturated rings. The standard InChI is InChI=1S/C21H24N4O3/c26-19-6-1-2-14-25(19)18-9-7-16(8-10-18)20(27)22-17-5-3-11-24(15-17)21(28)23-12-4-13-23/h1-2,6-10,14,17H,3-5,11-13,15H2,(H,22,27). The van der Waals surface area contributed by atoms with E-state index < -0.39 is 0 Å². The lowest BCUT2D eigenvalue weighted by Crippen LogP contribution is -2.55. The van der Waals surface area contributed by atoms with Crippen molar-refractivity contribution in [2.75, 3.05) is 26.2 Å². The van der Waals surface area contributed by atoms with Gasteiger partial charge in [-0.1, -0.05) is 6.07 Å². The molecule has 2 saturated heterocycles. The van der Waals surface area contributed by atoms with Crippen LogP contribution >= 0.6 is 0 Å². The van der Waals surface area contributed by atoms with E-state index in [1.165, 1.54) is 10.6 Å². The van der Waals surface area contributed by atoms with Gasteiger partial charge in [0, 0.05) is 55.7 Å². The molecule has 0 saturated carbocycles. The highest BCUT2D eigenvalue weighted by Crippen LogP contribution is 2.16. The zero-order valence-corrected chi connectivity index (χ0v) is 15.7. The molecule has 7 nitrogen and oxygen atoms in total.